The first-order valence-corrected chi connectivity index (χ1v) is 11.8. The summed E-state index contributed by atoms with van der Waals surface area (Å²) in [6.07, 6.45) is 24.6. The van der Waals surface area contributed by atoms with Crippen LogP contribution in [0.4, 0.5) is 0 Å². The number of hydrogen-bond acceptors (Lipinski definition) is 1. The lowest BCUT2D eigenvalue weighted by molar-refractivity contribution is -0.123. The SMILES string of the molecule is CCCCCCCCCCCCCCC(CC)C(=O)CCCCCC. The van der Waals surface area contributed by atoms with Crippen LogP contribution >= 0.6 is 0 Å². The third kappa shape index (κ3) is 16.9. The Morgan fingerprint density at radius 3 is 1.40 bits per heavy atom. The molecule has 0 N–H and O–H groups in total. The molecule has 0 aromatic carbocycles. The highest BCUT2D eigenvalue weighted by Crippen LogP contribution is 2.19. The van der Waals surface area contributed by atoms with Crippen LogP contribution in [-0.4, -0.2) is 5.78 Å². The van der Waals surface area contributed by atoms with Crippen molar-refractivity contribution in [1.29, 1.82) is 0 Å². The van der Waals surface area contributed by atoms with Crippen LogP contribution in [0, 0.1) is 5.92 Å². The van der Waals surface area contributed by atoms with Gasteiger partial charge < -0.3 is 0 Å². The number of carbonyl (C=O) groups is 1. The molecule has 0 aliphatic rings. The van der Waals surface area contributed by atoms with Gasteiger partial charge in [-0.15, -0.1) is 0 Å². The molecule has 1 atom stereocenters. The van der Waals surface area contributed by atoms with Crippen LogP contribution in [0.5, 0.6) is 0 Å². The molecule has 0 fully saturated rings. The molecule has 1 unspecified atom stereocenters. The first-order valence-electron chi connectivity index (χ1n) is 11.8. The monoisotopic (exact) mass is 352 g/mol. The minimum atomic E-state index is 0.352. The van der Waals surface area contributed by atoms with Crippen molar-refractivity contribution < 1.29 is 4.79 Å². The molecule has 1 heteroatoms. The number of carbonyl (C=O) groups excluding carboxylic acids is 1. The molecule has 150 valence electrons. The molecular weight excluding hydrogens is 304 g/mol. The second-order valence-electron chi connectivity index (χ2n) is 8.06. The highest BCUT2D eigenvalue weighted by atomic mass is 16.1. The summed E-state index contributed by atoms with van der Waals surface area (Å²) in [5.41, 5.74) is 0. The molecule has 0 aliphatic heterocycles. The summed E-state index contributed by atoms with van der Waals surface area (Å²) in [7, 11) is 0. The Morgan fingerprint density at radius 1 is 0.560 bits per heavy atom. The van der Waals surface area contributed by atoms with Gasteiger partial charge in [0, 0.05) is 12.3 Å². The Labute approximate surface area is 159 Å². The molecule has 0 spiro atoms. The molecule has 0 radical (unpaired) electrons. The van der Waals surface area contributed by atoms with Gasteiger partial charge in [-0.25, -0.2) is 0 Å². The van der Waals surface area contributed by atoms with Crippen molar-refractivity contribution >= 4 is 5.78 Å². The predicted octanol–water partition coefficient (Wildman–Crippen LogP) is 8.64. The van der Waals surface area contributed by atoms with E-state index in [9.17, 15) is 4.79 Å². The van der Waals surface area contributed by atoms with Crippen LogP contribution in [0.1, 0.15) is 143 Å². The molecule has 0 saturated carbocycles. The van der Waals surface area contributed by atoms with E-state index >= 15 is 0 Å². The van der Waals surface area contributed by atoms with Crippen LogP contribution in [0.2, 0.25) is 0 Å². The van der Waals surface area contributed by atoms with E-state index in [0.717, 1.165) is 25.7 Å². The average molecular weight is 353 g/mol. The summed E-state index contributed by atoms with van der Waals surface area (Å²) in [6, 6.07) is 0. The second kappa shape index (κ2) is 20.0. The molecule has 0 aromatic rings. The van der Waals surface area contributed by atoms with E-state index in [1.165, 1.54) is 96.3 Å². The largest absolute Gasteiger partial charge is 0.299 e. The quantitative estimate of drug-likeness (QED) is 0.200. The minimum Gasteiger partial charge on any atom is -0.299 e. The number of unbranched alkanes of at least 4 members (excludes halogenated alkanes) is 14. The number of ketones is 1. The van der Waals surface area contributed by atoms with Crippen molar-refractivity contribution in [3.8, 4) is 0 Å². The van der Waals surface area contributed by atoms with Crippen LogP contribution in [0.25, 0.3) is 0 Å². The molecule has 0 saturated heterocycles. The summed E-state index contributed by atoms with van der Waals surface area (Å²) < 4.78 is 0. The summed E-state index contributed by atoms with van der Waals surface area (Å²) >= 11 is 0. The zero-order chi connectivity index (χ0) is 18.6. The van der Waals surface area contributed by atoms with Gasteiger partial charge >= 0.3 is 0 Å². The van der Waals surface area contributed by atoms with E-state index in [0.29, 0.717) is 11.7 Å². The number of rotatable bonds is 20. The molecule has 0 aliphatic carbocycles. The standard InChI is InChI=1S/C24H48O/c1-4-7-9-11-12-13-14-15-16-17-18-19-21-23(6-3)24(25)22-20-10-8-5-2/h23H,4-22H2,1-3H3. The van der Waals surface area contributed by atoms with Gasteiger partial charge in [-0.3, -0.25) is 4.79 Å². The molecule has 0 rings (SSSR count). The zero-order valence-corrected chi connectivity index (χ0v) is 17.9. The van der Waals surface area contributed by atoms with Crippen molar-refractivity contribution in [1.82, 2.24) is 0 Å². The Morgan fingerprint density at radius 2 is 0.960 bits per heavy atom. The Hall–Kier alpha value is -0.330. The third-order valence-corrected chi connectivity index (χ3v) is 5.63. The summed E-state index contributed by atoms with van der Waals surface area (Å²) in [4.78, 5) is 12.3. The lowest BCUT2D eigenvalue weighted by Gasteiger charge is -2.13. The van der Waals surface area contributed by atoms with Crippen molar-refractivity contribution in [2.24, 2.45) is 5.92 Å². The Bertz CT molecular complexity index is 271. The van der Waals surface area contributed by atoms with E-state index in [4.69, 9.17) is 0 Å². The summed E-state index contributed by atoms with van der Waals surface area (Å²) in [5.74, 6) is 0.895. The fourth-order valence-electron chi connectivity index (χ4n) is 3.75. The van der Waals surface area contributed by atoms with Crippen LogP contribution < -0.4 is 0 Å². The van der Waals surface area contributed by atoms with Crippen LogP contribution in [-0.2, 0) is 4.79 Å². The maximum absolute atomic E-state index is 12.3. The van der Waals surface area contributed by atoms with Gasteiger partial charge in [-0.05, 0) is 19.3 Å². The molecule has 1 nitrogen and oxygen atoms in total. The zero-order valence-electron chi connectivity index (χ0n) is 17.9. The Kier molecular flexibility index (Phi) is 19.7. The third-order valence-electron chi connectivity index (χ3n) is 5.63. The molecule has 0 bridgehead atoms. The topological polar surface area (TPSA) is 17.1 Å². The molecule has 25 heavy (non-hydrogen) atoms. The van der Waals surface area contributed by atoms with Gasteiger partial charge in [0.25, 0.3) is 0 Å². The molecule has 0 heterocycles. The van der Waals surface area contributed by atoms with Crippen molar-refractivity contribution in [2.45, 2.75) is 143 Å². The Balaban J connectivity index is 3.42. The van der Waals surface area contributed by atoms with Crippen molar-refractivity contribution in [2.75, 3.05) is 0 Å². The van der Waals surface area contributed by atoms with Crippen molar-refractivity contribution in [3.05, 3.63) is 0 Å². The average Bonchev–Trinajstić information content (AvgIpc) is 2.62. The van der Waals surface area contributed by atoms with Gasteiger partial charge in [0.2, 0.25) is 0 Å². The predicted molar refractivity (Wildman–Crippen MR) is 113 cm³/mol. The highest BCUT2D eigenvalue weighted by molar-refractivity contribution is 5.80. The maximum Gasteiger partial charge on any atom is 0.135 e. The first kappa shape index (κ1) is 24.7. The minimum absolute atomic E-state index is 0.352. The fourth-order valence-corrected chi connectivity index (χ4v) is 3.75. The van der Waals surface area contributed by atoms with Gasteiger partial charge in [0.05, 0.1) is 0 Å². The van der Waals surface area contributed by atoms with Gasteiger partial charge in [0.1, 0.15) is 5.78 Å². The van der Waals surface area contributed by atoms with E-state index in [1.807, 2.05) is 0 Å². The fraction of sp³-hybridized carbons (Fsp3) is 0.958. The smallest absolute Gasteiger partial charge is 0.135 e. The van der Waals surface area contributed by atoms with E-state index in [2.05, 4.69) is 20.8 Å². The summed E-state index contributed by atoms with van der Waals surface area (Å²) in [6.45, 7) is 6.70. The maximum atomic E-state index is 12.3. The normalized spacial score (nSPS) is 12.4. The van der Waals surface area contributed by atoms with E-state index in [1.54, 1.807) is 0 Å². The van der Waals surface area contributed by atoms with Gasteiger partial charge in [-0.1, -0.05) is 117 Å². The van der Waals surface area contributed by atoms with E-state index in [-0.39, 0.29) is 0 Å². The van der Waals surface area contributed by atoms with Crippen LogP contribution in [0.15, 0.2) is 0 Å². The first-order chi connectivity index (χ1) is 12.3. The molecule has 0 aromatic heterocycles. The molecule has 0 amide bonds. The number of hydrogen-bond donors (Lipinski definition) is 0. The lowest BCUT2D eigenvalue weighted by Crippen LogP contribution is -2.13. The van der Waals surface area contributed by atoms with Gasteiger partial charge in [0.15, 0.2) is 0 Å². The molecular formula is C24H48O. The van der Waals surface area contributed by atoms with E-state index < -0.39 is 0 Å². The van der Waals surface area contributed by atoms with Gasteiger partial charge in [-0.2, -0.15) is 0 Å². The summed E-state index contributed by atoms with van der Waals surface area (Å²) in [5, 5.41) is 0. The van der Waals surface area contributed by atoms with Crippen LogP contribution in [0.3, 0.4) is 0 Å². The number of Topliss-reactive ketones (excluding diaryl/α,β-unsaturated/α-hetero) is 1. The second-order valence-corrected chi connectivity index (χ2v) is 8.06. The lowest BCUT2D eigenvalue weighted by atomic mass is 9.91. The van der Waals surface area contributed by atoms with Crippen molar-refractivity contribution in [3.63, 3.8) is 0 Å². The highest BCUT2D eigenvalue weighted by Gasteiger charge is 2.15.